The van der Waals surface area contributed by atoms with Crippen molar-refractivity contribution >= 4 is 17.5 Å². The normalized spacial score (nSPS) is 15.8. The highest BCUT2D eigenvalue weighted by Crippen LogP contribution is 2.20. The number of hydrogen-bond acceptors (Lipinski definition) is 3. The minimum atomic E-state index is -0.526. The lowest BCUT2D eigenvalue weighted by Gasteiger charge is -2.31. The van der Waals surface area contributed by atoms with Crippen LogP contribution in [0.4, 0.5) is 10.1 Å². The number of rotatable bonds is 3. The van der Waals surface area contributed by atoms with Gasteiger partial charge in [0.25, 0.3) is 5.91 Å². The second kappa shape index (κ2) is 6.56. The van der Waals surface area contributed by atoms with Crippen molar-refractivity contribution in [1.29, 1.82) is 0 Å². The van der Waals surface area contributed by atoms with E-state index in [-0.39, 0.29) is 23.4 Å². The Balaban J connectivity index is 1.97. The van der Waals surface area contributed by atoms with Crippen molar-refractivity contribution in [1.82, 2.24) is 10.2 Å². The average Bonchev–Trinajstić information content (AvgIpc) is 2.50. The first-order valence-electron chi connectivity index (χ1n) is 7.15. The van der Waals surface area contributed by atoms with Gasteiger partial charge in [0, 0.05) is 31.1 Å². The number of carbonyl (C=O) groups excluding carboxylic acids is 2. The van der Waals surface area contributed by atoms with Gasteiger partial charge in [-0.15, -0.1) is 0 Å². The van der Waals surface area contributed by atoms with Crippen LogP contribution in [0.25, 0.3) is 0 Å². The molecule has 0 aliphatic carbocycles. The number of likely N-dealkylation sites (tertiary alicyclic amines) is 1. The van der Waals surface area contributed by atoms with Gasteiger partial charge in [0.1, 0.15) is 5.82 Å². The molecule has 21 heavy (non-hydrogen) atoms. The van der Waals surface area contributed by atoms with Gasteiger partial charge < -0.3 is 16.0 Å². The van der Waals surface area contributed by atoms with Crippen molar-refractivity contribution in [2.45, 2.75) is 19.8 Å². The van der Waals surface area contributed by atoms with Crippen LogP contribution in [0.2, 0.25) is 0 Å². The zero-order valence-electron chi connectivity index (χ0n) is 12.1. The largest absolute Gasteiger partial charge is 0.396 e. The topological polar surface area (TPSA) is 75.4 Å². The Labute approximate surface area is 123 Å². The van der Waals surface area contributed by atoms with Gasteiger partial charge in [0.05, 0.1) is 5.69 Å². The quantitative estimate of drug-likeness (QED) is 0.827. The van der Waals surface area contributed by atoms with Crippen LogP contribution in [0.15, 0.2) is 18.2 Å². The number of nitrogens with one attached hydrogen (secondary N) is 1. The van der Waals surface area contributed by atoms with Crippen molar-refractivity contribution in [3.63, 3.8) is 0 Å². The van der Waals surface area contributed by atoms with Crippen LogP contribution in [0.5, 0.6) is 0 Å². The van der Waals surface area contributed by atoms with E-state index in [2.05, 4.69) is 5.32 Å². The Kier molecular flexibility index (Phi) is 4.77. The molecular weight excluding hydrogens is 273 g/mol. The van der Waals surface area contributed by atoms with Crippen LogP contribution in [0.3, 0.4) is 0 Å². The third-order valence-electron chi connectivity index (χ3n) is 3.75. The van der Waals surface area contributed by atoms with E-state index in [1.54, 1.807) is 4.90 Å². The van der Waals surface area contributed by atoms with E-state index in [1.807, 2.05) is 6.92 Å². The highest BCUT2D eigenvalue weighted by atomic mass is 19.1. The first-order chi connectivity index (χ1) is 10.0. The van der Waals surface area contributed by atoms with E-state index in [1.165, 1.54) is 18.2 Å². The molecule has 5 nitrogen and oxygen atoms in total. The Hall–Kier alpha value is -2.11. The molecule has 1 aliphatic rings. The number of halogens is 1. The summed E-state index contributed by atoms with van der Waals surface area (Å²) in [5.74, 6) is -0.680. The molecule has 0 spiro atoms. The summed E-state index contributed by atoms with van der Waals surface area (Å²) >= 11 is 0. The zero-order chi connectivity index (χ0) is 15.4. The van der Waals surface area contributed by atoms with E-state index in [0.717, 1.165) is 0 Å². The molecule has 0 unspecified atom stereocenters. The van der Waals surface area contributed by atoms with Crippen molar-refractivity contribution in [3.8, 4) is 0 Å². The van der Waals surface area contributed by atoms with E-state index < -0.39 is 5.82 Å². The fourth-order valence-electron chi connectivity index (χ4n) is 2.52. The molecule has 114 valence electrons. The van der Waals surface area contributed by atoms with Gasteiger partial charge in [-0.25, -0.2) is 4.39 Å². The first kappa shape index (κ1) is 15.3. The summed E-state index contributed by atoms with van der Waals surface area (Å²) in [7, 11) is 0. The Morgan fingerprint density at radius 3 is 2.62 bits per heavy atom. The van der Waals surface area contributed by atoms with Gasteiger partial charge in [0.2, 0.25) is 5.91 Å². The third kappa shape index (κ3) is 3.51. The number of amides is 2. The van der Waals surface area contributed by atoms with Gasteiger partial charge in [0.15, 0.2) is 0 Å². The van der Waals surface area contributed by atoms with Gasteiger partial charge in [-0.3, -0.25) is 9.59 Å². The maximum Gasteiger partial charge on any atom is 0.253 e. The predicted molar refractivity (Wildman–Crippen MR) is 78.1 cm³/mol. The monoisotopic (exact) mass is 293 g/mol. The van der Waals surface area contributed by atoms with Gasteiger partial charge in [-0.2, -0.15) is 0 Å². The molecule has 1 heterocycles. The lowest BCUT2D eigenvalue weighted by molar-refractivity contribution is -0.126. The van der Waals surface area contributed by atoms with Crippen LogP contribution in [0, 0.1) is 11.7 Å². The molecule has 0 bridgehead atoms. The molecule has 0 saturated carbocycles. The van der Waals surface area contributed by atoms with Gasteiger partial charge in [-0.05, 0) is 38.0 Å². The molecule has 2 amide bonds. The van der Waals surface area contributed by atoms with Crippen molar-refractivity contribution in [2.75, 3.05) is 25.4 Å². The maximum atomic E-state index is 13.1. The van der Waals surface area contributed by atoms with E-state index in [4.69, 9.17) is 5.73 Å². The smallest absolute Gasteiger partial charge is 0.253 e. The fourth-order valence-corrected chi connectivity index (χ4v) is 2.52. The average molecular weight is 293 g/mol. The summed E-state index contributed by atoms with van der Waals surface area (Å²) in [5, 5.41) is 2.80. The molecule has 1 aliphatic heterocycles. The molecule has 0 aromatic heterocycles. The Morgan fingerprint density at radius 2 is 2.05 bits per heavy atom. The van der Waals surface area contributed by atoms with Crippen molar-refractivity contribution in [3.05, 3.63) is 29.6 Å². The molecule has 2 rings (SSSR count). The van der Waals surface area contributed by atoms with Crippen LogP contribution >= 0.6 is 0 Å². The van der Waals surface area contributed by atoms with Gasteiger partial charge in [-0.1, -0.05) is 0 Å². The van der Waals surface area contributed by atoms with Gasteiger partial charge >= 0.3 is 0 Å². The first-order valence-corrected chi connectivity index (χ1v) is 7.15. The number of piperidine rings is 1. The van der Waals surface area contributed by atoms with Crippen molar-refractivity contribution in [2.24, 2.45) is 5.92 Å². The van der Waals surface area contributed by atoms with Crippen LogP contribution in [-0.4, -0.2) is 36.3 Å². The second-order valence-electron chi connectivity index (χ2n) is 5.20. The minimum Gasteiger partial charge on any atom is -0.396 e. The number of nitrogens with two attached hydrogens (primary N) is 1. The third-order valence-corrected chi connectivity index (χ3v) is 3.75. The summed E-state index contributed by atoms with van der Waals surface area (Å²) in [6, 6.07) is 3.99. The van der Waals surface area contributed by atoms with E-state index in [9.17, 15) is 14.0 Å². The molecule has 1 fully saturated rings. The molecule has 6 heteroatoms. The zero-order valence-corrected chi connectivity index (χ0v) is 12.1. The van der Waals surface area contributed by atoms with E-state index >= 15 is 0 Å². The minimum absolute atomic E-state index is 0.0296. The summed E-state index contributed by atoms with van der Waals surface area (Å²) in [4.78, 5) is 25.7. The molecule has 1 aromatic carbocycles. The number of hydrogen-bond donors (Lipinski definition) is 2. The second-order valence-corrected chi connectivity index (χ2v) is 5.20. The fraction of sp³-hybridized carbons (Fsp3) is 0.467. The SMILES string of the molecule is CCNC(=O)C1CCN(C(=O)c2ccc(F)c(N)c2)CC1. The molecule has 3 N–H and O–H groups in total. The number of nitrogens with zero attached hydrogens (tertiary/aromatic N) is 1. The maximum absolute atomic E-state index is 13.1. The highest BCUT2D eigenvalue weighted by Gasteiger charge is 2.27. The number of benzene rings is 1. The lowest BCUT2D eigenvalue weighted by atomic mass is 9.95. The Bertz CT molecular complexity index is 540. The molecule has 0 radical (unpaired) electrons. The van der Waals surface area contributed by atoms with E-state index in [0.29, 0.717) is 38.0 Å². The number of nitrogen functional groups attached to an aromatic ring is 1. The summed E-state index contributed by atoms with van der Waals surface area (Å²) in [5.41, 5.74) is 5.83. The molecule has 1 aromatic rings. The Morgan fingerprint density at radius 1 is 1.38 bits per heavy atom. The highest BCUT2D eigenvalue weighted by molar-refractivity contribution is 5.95. The molecular formula is C15H20FN3O2. The summed E-state index contributed by atoms with van der Waals surface area (Å²) < 4.78 is 13.1. The molecule has 1 saturated heterocycles. The standard InChI is InChI=1S/C15H20FN3O2/c1-2-18-14(20)10-5-7-19(8-6-10)15(21)11-3-4-12(16)13(17)9-11/h3-4,9-10H,2,5-8,17H2,1H3,(H,18,20). The lowest BCUT2D eigenvalue weighted by Crippen LogP contribution is -2.43. The summed E-state index contributed by atoms with van der Waals surface area (Å²) in [6.07, 6.45) is 1.29. The van der Waals surface area contributed by atoms with Crippen LogP contribution < -0.4 is 11.1 Å². The number of anilines is 1. The van der Waals surface area contributed by atoms with Crippen LogP contribution in [-0.2, 0) is 4.79 Å². The predicted octanol–water partition coefficient (Wildman–Crippen LogP) is 1.40. The summed E-state index contributed by atoms with van der Waals surface area (Å²) in [6.45, 7) is 3.55. The number of carbonyl (C=O) groups is 2. The van der Waals surface area contributed by atoms with Crippen molar-refractivity contribution < 1.29 is 14.0 Å². The molecule has 0 atom stereocenters. The van der Waals surface area contributed by atoms with Crippen LogP contribution in [0.1, 0.15) is 30.1 Å².